The van der Waals surface area contributed by atoms with Crippen LogP contribution in [0.3, 0.4) is 0 Å². The minimum atomic E-state index is -3.43. The lowest BCUT2D eigenvalue weighted by molar-refractivity contribution is -0.0977. The van der Waals surface area contributed by atoms with E-state index in [-0.39, 0.29) is 17.4 Å². The molecule has 0 spiro atoms. The van der Waals surface area contributed by atoms with Crippen molar-refractivity contribution in [2.24, 2.45) is 28.9 Å². The standard InChI is InChI=1S/C25H35N7O5S/c1-24(2,30-38(3,35)36)5-8-32-22(31-7-4-6-27-31)19(14-28-32)21(33)29-20-17-9-16-10-18(20)13-25(11-16,12-17)15-37-23(26)34/h4-8,14,16-18,20,30H,9-13,15H2,1-3H3,(H2,26,34)(H,29,33)/b8-5+/t16?,17?,18?,20-,25-. The third-order valence-corrected chi connectivity index (χ3v) is 8.93. The van der Waals surface area contributed by atoms with Crippen molar-refractivity contribution < 1.29 is 22.7 Å². The van der Waals surface area contributed by atoms with Gasteiger partial charge in [0.25, 0.3) is 5.91 Å². The van der Waals surface area contributed by atoms with Crippen molar-refractivity contribution in [1.82, 2.24) is 29.6 Å². The fourth-order valence-electron chi connectivity index (χ4n) is 7.07. The van der Waals surface area contributed by atoms with Crippen LogP contribution in [-0.2, 0) is 14.8 Å². The van der Waals surface area contributed by atoms with E-state index in [1.165, 1.54) is 10.9 Å². The summed E-state index contributed by atoms with van der Waals surface area (Å²) in [6, 6.07) is 1.78. The highest BCUT2D eigenvalue weighted by Crippen LogP contribution is 2.60. The van der Waals surface area contributed by atoms with Crippen LogP contribution in [0.5, 0.6) is 0 Å². The Labute approximate surface area is 222 Å². The third-order valence-electron chi connectivity index (χ3n) is 8.03. The average Bonchev–Trinajstić information content (AvgIpc) is 3.46. The first kappa shape index (κ1) is 26.4. The predicted molar refractivity (Wildman–Crippen MR) is 140 cm³/mol. The van der Waals surface area contributed by atoms with Crippen LogP contribution in [0.15, 0.2) is 30.7 Å². The zero-order valence-corrected chi connectivity index (χ0v) is 22.6. The number of hydrogen-bond donors (Lipinski definition) is 3. The normalized spacial score (nSPS) is 28.6. The summed E-state index contributed by atoms with van der Waals surface area (Å²) >= 11 is 0. The summed E-state index contributed by atoms with van der Waals surface area (Å²) in [7, 11) is -3.43. The Hall–Kier alpha value is -3.19. The molecule has 206 valence electrons. The number of aromatic nitrogens is 4. The number of nitrogens with zero attached hydrogens (tertiary/aromatic N) is 4. The van der Waals surface area contributed by atoms with Crippen molar-refractivity contribution >= 4 is 28.2 Å². The highest BCUT2D eigenvalue weighted by Gasteiger charge is 2.56. The van der Waals surface area contributed by atoms with Gasteiger partial charge < -0.3 is 15.8 Å². The summed E-state index contributed by atoms with van der Waals surface area (Å²) in [5.41, 5.74) is 4.68. The van der Waals surface area contributed by atoms with E-state index in [9.17, 15) is 18.0 Å². The summed E-state index contributed by atoms with van der Waals surface area (Å²) < 4.78 is 34.3. The minimum absolute atomic E-state index is 0.0306. The number of nitrogens with one attached hydrogen (secondary N) is 2. The third kappa shape index (κ3) is 5.48. The zero-order chi connectivity index (χ0) is 27.3. The first-order valence-corrected chi connectivity index (χ1v) is 14.7. The summed E-state index contributed by atoms with van der Waals surface area (Å²) in [5.74, 6) is 1.42. The highest BCUT2D eigenvalue weighted by molar-refractivity contribution is 7.88. The van der Waals surface area contributed by atoms with Crippen molar-refractivity contribution in [3.05, 3.63) is 36.3 Å². The maximum absolute atomic E-state index is 13.6. The van der Waals surface area contributed by atoms with Crippen LogP contribution >= 0.6 is 0 Å². The summed E-state index contributed by atoms with van der Waals surface area (Å²) in [6.07, 6.45) is 13.4. The molecule has 2 atom stereocenters. The Morgan fingerprint density at radius 2 is 1.95 bits per heavy atom. The van der Waals surface area contributed by atoms with Crippen LogP contribution in [0.25, 0.3) is 12.0 Å². The Bertz CT molecular complexity index is 1330. The molecule has 4 N–H and O–H groups in total. The number of carbonyl (C=O) groups excluding carboxylic acids is 2. The van der Waals surface area contributed by atoms with Crippen molar-refractivity contribution in [1.29, 1.82) is 0 Å². The molecule has 4 bridgehead atoms. The topological polar surface area (TPSA) is 163 Å². The van der Waals surface area contributed by atoms with Gasteiger partial charge in [-0.2, -0.15) is 10.2 Å². The summed E-state index contributed by atoms with van der Waals surface area (Å²) in [4.78, 5) is 24.9. The Morgan fingerprint density at radius 3 is 2.55 bits per heavy atom. The van der Waals surface area contributed by atoms with Crippen LogP contribution < -0.4 is 15.8 Å². The van der Waals surface area contributed by atoms with E-state index in [2.05, 4.69) is 20.2 Å². The van der Waals surface area contributed by atoms with Crippen LogP contribution in [0.1, 0.15) is 56.3 Å². The maximum Gasteiger partial charge on any atom is 0.404 e. The van der Waals surface area contributed by atoms with Crippen molar-refractivity contribution in [3.63, 3.8) is 0 Å². The van der Waals surface area contributed by atoms with Gasteiger partial charge >= 0.3 is 6.09 Å². The van der Waals surface area contributed by atoms with E-state index in [1.54, 1.807) is 49.3 Å². The zero-order valence-electron chi connectivity index (χ0n) is 21.8. The Kier molecular flexibility index (Phi) is 6.62. The van der Waals surface area contributed by atoms with Crippen molar-refractivity contribution in [2.75, 3.05) is 12.9 Å². The van der Waals surface area contributed by atoms with Gasteiger partial charge in [-0.15, -0.1) is 0 Å². The lowest BCUT2D eigenvalue weighted by atomic mass is 9.48. The Morgan fingerprint density at radius 1 is 1.24 bits per heavy atom. The predicted octanol–water partition coefficient (Wildman–Crippen LogP) is 1.89. The van der Waals surface area contributed by atoms with Crippen molar-refractivity contribution in [2.45, 2.75) is 57.5 Å². The monoisotopic (exact) mass is 545 g/mol. The largest absolute Gasteiger partial charge is 0.449 e. The minimum Gasteiger partial charge on any atom is -0.449 e. The molecule has 2 amide bonds. The second-order valence-corrected chi connectivity index (χ2v) is 13.5. The molecule has 6 rings (SSSR count). The van der Waals surface area contributed by atoms with Gasteiger partial charge in [-0.3, -0.25) is 4.79 Å². The molecule has 4 fully saturated rings. The SMILES string of the molecule is CC(C)(/C=C/n1ncc(C(=O)N[C@H]2C3CC4CC2C[C@](COC(N)=O)(C4)C3)c1-n1cccn1)NS(C)(=O)=O. The quantitative estimate of drug-likeness (QED) is 0.433. The first-order valence-electron chi connectivity index (χ1n) is 12.8. The summed E-state index contributed by atoms with van der Waals surface area (Å²) in [5, 5.41) is 12.0. The fraction of sp³-hybridized carbons (Fsp3) is 0.600. The summed E-state index contributed by atoms with van der Waals surface area (Å²) in [6.45, 7) is 3.80. The van der Waals surface area contributed by atoms with E-state index in [1.807, 2.05) is 0 Å². The average molecular weight is 546 g/mol. The fourth-order valence-corrected chi connectivity index (χ4v) is 8.10. The molecule has 12 nitrogen and oxygen atoms in total. The maximum atomic E-state index is 13.6. The van der Waals surface area contributed by atoms with E-state index in [0.29, 0.717) is 35.7 Å². The van der Waals surface area contributed by atoms with E-state index in [0.717, 1.165) is 38.4 Å². The van der Waals surface area contributed by atoms with Crippen molar-refractivity contribution in [3.8, 4) is 5.82 Å². The molecule has 2 unspecified atom stereocenters. The van der Waals surface area contributed by atoms with Gasteiger partial charge in [-0.05, 0) is 75.8 Å². The number of primary amides is 1. The van der Waals surface area contributed by atoms with Gasteiger partial charge in [0, 0.05) is 35.6 Å². The molecule has 13 heteroatoms. The molecule has 38 heavy (non-hydrogen) atoms. The molecule has 4 aliphatic rings. The molecule has 4 saturated carbocycles. The smallest absolute Gasteiger partial charge is 0.404 e. The molecule has 0 radical (unpaired) electrons. The lowest BCUT2D eigenvalue weighted by Crippen LogP contribution is -2.60. The number of nitrogens with two attached hydrogens (primary N) is 1. The van der Waals surface area contributed by atoms with E-state index < -0.39 is 21.7 Å². The van der Waals surface area contributed by atoms with Gasteiger partial charge in [0.1, 0.15) is 5.56 Å². The molecular formula is C25H35N7O5S. The van der Waals surface area contributed by atoms with Crippen LogP contribution in [-0.4, -0.2) is 64.4 Å². The molecule has 0 aromatic carbocycles. The highest BCUT2D eigenvalue weighted by atomic mass is 32.2. The van der Waals surface area contributed by atoms with E-state index >= 15 is 0 Å². The van der Waals surface area contributed by atoms with Gasteiger partial charge in [-0.1, -0.05) is 0 Å². The molecule has 4 aliphatic carbocycles. The number of ether oxygens (including phenoxy) is 1. The number of amides is 2. The Balaban J connectivity index is 1.37. The lowest BCUT2D eigenvalue weighted by Gasteiger charge is -2.59. The second-order valence-electron chi connectivity index (χ2n) is 11.8. The molecule has 2 aromatic heterocycles. The van der Waals surface area contributed by atoms with Crippen LogP contribution in [0, 0.1) is 23.2 Å². The first-order chi connectivity index (χ1) is 17.8. The number of carbonyl (C=O) groups is 2. The molecule has 0 aliphatic heterocycles. The molecule has 0 saturated heterocycles. The molecular weight excluding hydrogens is 510 g/mol. The molecule has 2 heterocycles. The van der Waals surface area contributed by atoms with Gasteiger partial charge in [0.05, 0.1) is 19.1 Å². The van der Waals surface area contributed by atoms with Gasteiger partial charge in [-0.25, -0.2) is 27.3 Å². The van der Waals surface area contributed by atoms with E-state index in [4.69, 9.17) is 10.5 Å². The number of hydrogen-bond acceptors (Lipinski definition) is 7. The molecule has 2 aromatic rings. The number of rotatable bonds is 9. The van der Waals surface area contributed by atoms with Gasteiger partial charge in [0.15, 0.2) is 5.82 Å². The van der Waals surface area contributed by atoms with Crippen LogP contribution in [0.2, 0.25) is 0 Å². The second kappa shape index (κ2) is 9.53. The van der Waals surface area contributed by atoms with Gasteiger partial charge in [0.2, 0.25) is 10.0 Å². The van der Waals surface area contributed by atoms with Crippen LogP contribution in [0.4, 0.5) is 4.79 Å². The number of sulfonamides is 1.